The predicted molar refractivity (Wildman–Crippen MR) is 136 cm³/mol. The summed E-state index contributed by atoms with van der Waals surface area (Å²) in [6, 6.07) is 12.0. The van der Waals surface area contributed by atoms with Crippen LogP contribution in [-0.4, -0.2) is 62.6 Å². The van der Waals surface area contributed by atoms with Crippen molar-refractivity contribution in [3.63, 3.8) is 0 Å². The second-order valence-corrected chi connectivity index (χ2v) is 11.7. The van der Waals surface area contributed by atoms with E-state index in [0.717, 1.165) is 35.9 Å². The third-order valence-electron chi connectivity index (χ3n) is 6.36. The Hall–Kier alpha value is -2.53. The van der Waals surface area contributed by atoms with E-state index in [4.69, 9.17) is 14.5 Å². The van der Waals surface area contributed by atoms with E-state index in [9.17, 15) is 13.2 Å². The van der Waals surface area contributed by atoms with E-state index in [2.05, 4.69) is 0 Å². The van der Waals surface area contributed by atoms with Gasteiger partial charge in [-0.15, -0.1) is 0 Å². The van der Waals surface area contributed by atoms with E-state index >= 15 is 0 Å². The molecule has 2 aliphatic heterocycles. The third kappa shape index (κ3) is 4.93. The molecule has 5 rings (SSSR count). The van der Waals surface area contributed by atoms with Gasteiger partial charge in [-0.3, -0.25) is 9.69 Å². The van der Waals surface area contributed by atoms with Gasteiger partial charge in [0.15, 0.2) is 5.13 Å². The summed E-state index contributed by atoms with van der Waals surface area (Å²) < 4.78 is 39.8. The molecule has 0 spiro atoms. The van der Waals surface area contributed by atoms with Crippen LogP contribution in [-0.2, 0) is 14.8 Å². The van der Waals surface area contributed by atoms with E-state index in [1.807, 2.05) is 25.1 Å². The minimum absolute atomic E-state index is 0.0628. The highest BCUT2D eigenvalue weighted by molar-refractivity contribution is 7.89. The molecule has 2 aromatic carbocycles. The van der Waals surface area contributed by atoms with Gasteiger partial charge in [0, 0.05) is 25.3 Å². The van der Waals surface area contributed by atoms with E-state index in [-0.39, 0.29) is 16.9 Å². The third-order valence-corrected chi connectivity index (χ3v) is 9.32. The number of anilines is 1. The van der Waals surface area contributed by atoms with Crippen LogP contribution in [0.15, 0.2) is 47.4 Å². The van der Waals surface area contributed by atoms with Gasteiger partial charge in [0.1, 0.15) is 11.3 Å². The van der Waals surface area contributed by atoms with Crippen LogP contribution in [0.2, 0.25) is 0 Å². The second-order valence-electron chi connectivity index (χ2n) is 8.72. The molecule has 1 amide bonds. The molecule has 0 saturated carbocycles. The van der Waals surface area contributed by atoms with Gasteiger partial charge in [0.2, 0.25) is 10.0 Å². The summed E-state index contributed by atoms with van der Waals surface area (Å²) in [6.07, 6.45) is 3.53. The van der Waals surface area contributed by atoms with Gasteiger partial charge in [-0.05, 0) is 69.0 Å². The zero-order valence-corrected chi connectivity index (χ0v) is 21.3. The summed E-state index contributed by atoms with van der Waals surface area (Å²) in [6.45, 7) is 4.60. The van der Waals surface area contributed by atoms with E-state index < -0.39 is 10.0 Å². The number of carbonyl (C=O) groups is 1. The number of sulfonamides is 1. The Bertz CT molecular complexity index is 1290. The molecule has 2 saturated heterocycles. The van der Waals surface area contributed by atoms with Crippen molar-refractivity contribution in [3.05, 3.63) is 48.0 Å². The van der Waals surface area contributed by atoms with Gasteiger partial charge in [0.05, 0.1) is 28.9 Å². The van der Waals surface area contributed by atoms with Crippen molar-refractivity contribution in [2.75, 3.05) is 37.7 Å². The molecule has 1 aromatic heterocycles. The zero-order valence-electron chi connectivity index (χ0n) is 19.7. The number of rotatable bonds is 8. The minimum atomic E-state index is -3.54. The monoisotopic (exact) mass is 515 g/mol. The Kier molecular flexibility index (Phi) is 7.06. The van der Waals surface area contributed by atoms with E-state index in [0.29, 0.717) is 49.3 Å². The van der Waals surface area contributed by atoms with Gasteiger partial charge >= 0.3 is 0 Å². The molecule has 8 nitrogen and oxygen atoms in total. The summed E-state index contributed by atoms with van der Waals surface area (Å²) in [5.74, 6) is 0.455. The summed E-state index contributed by atoms with van der Waals surface area (Å²) in [5, 5.41) is 0.571. The molecule has 2 aliphatic rings. The van der Waals surface area contributed by atoms with E-state index in [1.54, 1.807) is 17.0 Å². The molecule has 3 aromatic rings. The lowest BCUT2D eigenvalue weighted by molar-refractivity contribution is 0.0917. The smallest absolute Gasteiger partial charge is 0.260 e. The van der Waals surface area contributed by atoms with Crippen LogP contribution >= 0.6 is 11.3 Å². The first-order valence-corrected chi connectivity index (χ1v) is 14.3. The van der Waals surface area contributed by atoms with Crippen molar-refractivity contribution in [2.24, 2.45) is 0 Å². The molecule has 0 radical (unpaired) electrons. The number of aromatic nitrogens is 1. The SMILES string of the molecule is CCOc1cccc2sc(N(CC3CCCO3)C(=O)c3ccc(S(=O)(=O)N4CCCC4)cc3)nc12. The number of hydrogen-bond acceptors (Lipinski definition) is 7. The van der Waals surface area contributed by atoms with Crippen LogP contribution in [0, 0.1) is 0 Å². The molecule has 2 fully saturated rings. The number of fused-ring (bicyclic) bond motifs is 1. The molecule has 1 atom stereocenters. The van der Waals surface area contributed by atoms with Crippen LogP contribution in [0.4, 0.5) is 5.13 Å². The first-order valence-electron chi connectivity index (χ1n) is 12.0. The number of para-hydroxylation sites is 1. The maximum Gasteiger partial charge on any atom is 0.260 e. The summed E-state index contributed by atoms with van der Waals surface area (Å²) in [4.78, 5) is 20.3. The second kappa shape index (κ2) is 10.2. The van der Waals surface area contributed by atoms with Crippen molar-refractivity contribution in [1.82, 2.24) is 9.29 Å². The van der Waals surface area contributed by atoms with Crippen molar-refractivity contribution in [1.29, 1.82) is 0 Å². The highest BCUT2D eigenvalue weighted by Gasteiger charge is 2.30. The first kappa shape index (κ1) is 24.2. The lowest BCUT2D eigenvalue weighted by Crippen LogP contribution is -2.37. The van der Waals surface area contributed by atoms with Crippen LogP contribution in [0.5, 0.6) is 5.75 Å². The molecule has 3 heterocycles. The van der Waals surface area contributed by atoms with Crippen molar-refractivity contribution >= 4 is 42.6 Å². The number of ether oxygens (including phenoxy) is 2. The van der Waals surface area contributed by atoms with Crippen LogP contribution < -0.4 is 9.64 Å². The number of hydrogen-bond donors (Lipinski definition) is 0. The number of nitrogens with zero attached hydrogens (tertiary/aromatic N) is 3. The number of thiazole rings is 1. The fourth-order valence-electron chi connectivity index (χ4n) is 4.54. The Morgan fingerprint density at radius 1 is 1.17 bits per heavy atom. The number of amides is 1. The quantitative estimate of drug-likeness (QED) is 0.444. The average molecular weight is 516 g/mol. The minimum Gasteiger partial charge on any atom is -0.492 e. The van der Waals surface area contributed by atoms with Crippen LogP contribution in [0.3, 0.4) is 0 Å². The van der Waals surface area contributed by atoms with Crippen molar-refractivity contribution in [2.45, 2.75) is 43.6 Å². The Labute approximate surface area is 209 Å². The standard InChI is InChI=1S/C25H29N3O5S2/c1-2-32-21-8-5-9-22-23(21)26-25(34-22)28(17-19-7-6-16-33-19)24(29)18-10-12-20(13-11-18)35(30,31)27-14-3-4-15-27/h5,8-13,19H,2-4,6-7,14-17H2,1H3. The molecule has 35 heavy (non-hydrogen) atoms. The van der Waals surface area contributed by atoms with Gasteiger partial charge in [-0.25, -0.2) is 13.4 Å². The molecule has 0 N–H and O–H groups in total. The summed E-state index contributed by atoms with van der Waals surface area (Å²) >= 11 is 1.43. The largest absolute Gasteiger partial charge is 0.492 e. The van der Waals surface area contributed by atoms with Crippen molar-refractivity contribution < 1.29 is 22.7 Å². The summed E-state index contributed by atoms with van der Waals surface area (Å²) in [5.41, 5.74) is 1.14. The average Bonchev–Trinajstić information content (AvgIpc) is 3.64. The molecule has 10 heteroatoms. The molecular formula is C25H29N3O5S2. The Balaban J connectivity index is 1.46. The predicted octanol–water partition coefficient (Wildman–Crippen LogP) is 4.31. The van der Waals surface area contributed by atoms with Crippen LogP contribution in [0.25, 0.3) is 10.2 Å². The van der Waals surface area contributed by atoms with Gasteiger partial charge in [-0.1, -0.05) is 17.4 Å². The molecule has 0 aliphatic carbocycles. The van der Waals surface area contributed by atoms with Crippen molar-refractivity contribution in [3.8, 4) is 5.75 Å². The van der Waals surface area contributed by atoms with Gasteiger partial charge < -0.3 is 9.47 Å². The van der Waals surface area contributed by atoms with Crippen LogP contribution in [0.1, 0.15) is 43.0 Å². The topological polar surface area (TPSA) is 89.0 Å². The fraction of sp³-hybridized carbons (Fsp3) is 0.440. The lowest BCUT2D eigenvalue weighted by atomic mass is 10.2. The maximum absolute atomic E-state index is 13.7. The maximum atomic E-state index is 13.7. The molecule has 0 bridgehead atoms. The number of benzene rings is 2. The Morgan fingerprint density at radius 2 is 1.94 bits per heavy atom. The molecular weight excluding hydrogens is 486 g/mol. The Morgan fingerprint density at radius 3 is 2.63 bits per heavy atom. The van der Waals surface area contributed by atoms with Gasteiger partial charge in [-0.2, -0.15) is 4.31 Å². The highest BCUT2D eigenvalue weighted by atomic mass is 32.2. The molecule has 186 valence electrons. The molecule has 1 unspecified atom stereocenters. The summed E-state index contributed by atoms with van der Waals surface area (Å²) in [7, 11) is -3.54. The lowest BCUT2D eigenvalue weighted by Gasteiger charge is -2.23. The van der Waals surface area contributed by atoms with E-state index in [1.165, 1.54) is 27.8 Å². The highest BCUT2D eigenvalue weighted by Crippen LogP contribution is 2.35. The fourth-order valence-corrected chi connectivity index (χ4v) is 7.05. The zero-order chi connectivity index (χ0) is 24.4. The number of carbonyl (C=O) groups excluding carboxylic acids is 1. The first-order chi connectivity index (χ1) is 17.0. The van der Waals surface area contributed by atoms with Gasteiger partial charge in [0.25, 0.3) is 5.91 Å². The normalized spacial score (nSPS) is 18.8.